The fraction of sp³-hybridized carbons (Fsp3) is 1.00. The zero-order chi connectivity index (χ0) is 7.61. The van der Waals surface area contributed by atoms with Crippen LogP contribution in [0.25, 0.3) is 0 Å². The van der Waals surface area contributed by atoms with E-state index >= 15 is 0 Å². The van der Waals surface area contributed by atoms with E-state index in [2.05, 4.69) is 0 Å². The van der Waals surface area contributed by atoms with Crippen LogP contribution in [0.1, 0.15) is 12.8 Å². The second-order valence-corrected chi connectivity index (χ2v) is 2.43. The van der Waals surface area contributed by atoms with Crippen molar-refractivity contribution in [3.63, 3.8) is 0 Å². The molecule has 1 atom stereocenters. The maximum atomic E-state index is 12.5. The molecule has 0 amide bonds. The molecule has 1 aliphatic heterocycles. The van der Waals surface area contributed by atoms with Crippen molar-refractivity contribution in [3.05, 3.63) is 0 Å². The summed E-state index contributed by atoms with van der Waals surface area (Å²) in [6, 6.07) is 0. The zero-order valence-corrected chi connectivity index (χ0v) is 5.52. The molecule has 0 aliphatic carbocycles. The second kappa shape index (κ2) is 2.80. The number of aliphatic hydroxyl groups excluding tert-OH is 1. The highest BCUT2D eigenvalue weighted by molar-refractivity contribution is 4.77. The molecule has 1 N–H and O–H groups in total. The molecule has 1 saturated heterocycles. The number of alkyl halides is 2. The van der Waals surface area contributed by atoms with Gasteiger partial charge in [-0.2, -0.15) is 0 Å². The quantitative estimate of drug-likeness (QED) is 0.556. The Bertz CT molecular complexity index is 116. The van der Waals surface area contributed by atoms with Gasteiger partial charge in [-0.25, -0.2) is 8.78 Å². The highest BCUT2D eigenvalue weighted by Crippen LogP contribution is 2.27. The van der Waals surface area contributed by atoms with Crippen molar-refractivity contribution in [3.8, 4) is 0 Å². The van der Waals surface area contributed by atoms with E-state index in [0.717, 1.165) is 0 Å². The van der Waals surface area contributed by atoms with Crippen molar-refractivity contribution in [1.29, 1.82) is 0 Å². The molecule has 1 fully saturated rings. The minimum Gasteiger partial charge on any atom is -0.387 e. The van der Waals surface area contributed by atoms with Crippen LogP contribution in [0.2, 0.25) is 0 Å². The van der Waals surface area contributed by atoms with Gasteiger partial charge in [0, 0.05) is 19.4 Å². The highest BCUT2D eigenvalue weighted by Gasteiger charge is 2.39. The van der Waals surface area contributed by atoms with Gasteiger partial charge >= 0.3 is 0 Å². The number of hydrogen-bond donors (Lipinski definition) is 1. The Morgan fingerprint density at radius 1 is 1.40 bits per heavy atom. The van der Waals surface area contributed by atoms with Gasteiger partial charge in [-0.05, 0) is 0 Å². The van der Waals surface area contributed by atoms with Gasteiger partial charge in [-0.15, -0.1) is 0 Å². The van der Waals surface area contributed by atoms with Gasteiger partial charge in [-0.3, -0.25) is 0 Å². The number of ether oxygens (including phenoxy) is 1. The molecule has 1 heterocycles. The van der Waals surface area contributed by atoms with Gasteiger partial charge in [0.2, 0.25) is 0 Å². The summed E-state index contributed by atoms with van der Waals surface area (Å²) in [5.41, 5.74) is 0. The maximum Gasteiger partial charge on any atom is 0.275 e. The fourth-order valence-corrected chi connectivity index (χ4v) is 0.883. The predicted octanol–water partition coefficient (Wildman–Crippen LogP) is 0.793. The van der Waals surface area contributed by atoms with Gasteiger partial charge in [0.15, 0.2) is 0 Å². The summed E-state index contributed by atoms with van der Waals surface area (Å²) in [5.74, 6) is -2.95. The predicted molar refractivity (Wildman–Crippen MR) is 31.0 cm³/mol. The van der Waals surface area contributed by atoms with Crippen molar-refractivity contribution >= 4 is 0 Å². The van der Waals surface area contributed by atoms with Crippen molar-refractivity contribution in [1.82, 2.24) is 0 Å². The van der Waals surface area contributed by atoms with Crippen LogP contribution in [0.3, 0.4) is 0 Å². The van der Waals surface area contributed by atoms with Crippen LogP contribution >= 0.6 is 0 Å². The van der Waals surface area contributed by atoms with Gasteiger partial charge in [-0.1, -0.05) is 0 Å². The summed E-state index contributed by atoms with van der Waals surface area (Å²) in [6.07, 6.45) is -1.85. The van der Waals surface area contributed by atoms with Crippen LogP contribution in [0.4, 0.5) is 8.78 Å². The lowest BCUT2D eigenvalue weighted by molar-refractivity contribution is -0.109. The summed E-state index contributed by atoms with van der Waals surface area (Å²) in [5, 5.41) is 8.79. The van der Waals surface area contributed by atoms with E-state index in [0.29, 0.717) is 0 Å². The van der Waals surface area contributed by atoms with Crippen LogP contribution in [0, 0.1) is 0 Å². The van der Waals surface area contributed by atoms with Gasteiger partial charge in [0.05, 0.1) is 6.61 Å². The van der Waals surface area contributed by atoms with Crippen LogP contribution in [-0.4, -0.2) is 30.3 Å². The Kier molecular flexibility index (Phi) is 2.21. The van der Waals surface area contributed by atoms with Crippen LogP contribution < -0.4 is 0 Å². The van der Waals surface area contributed by atoms with E-state index in [1.165, 1.54) is 0 Å². The fourth-order valence-electron chi connectivity index (χ4n) is 0.883. The van der Waals surface area contributed by atoms with E-state index in [1.807, 2.05) is 0 Å². The molecule has 0 spiro atoms. The molecular weight excluding hydrogens is 142 g/mol. The monoisotopic (exact) mass is 152 g/mol. The number of aliphatic hydroxyl groups is 1. The summed E-state index contributed by atoms with van der Waals surface area (Å²) in [4.78, 5) is 0. The first-order valence-corrected chi connectivity index (χ1v) is 3.26. The largest absolute Gasteiger partial charge is 0.387 e. The van der Waals surface area contributed by atoms with E-state index in [-0.39, 0.29) is 26.1 Å². The number of hydrogen-bond acceptors (Lipinski definition) is 2. The topological polar surface area (TPSA) is 29.5 Å². The molecule has 1 aliphatic rings. The van der Waals surface area contributed by atoms with Crippen LogP contribution in [-0.2, 0) is 4.74 Å². The van der Waals surface area contributed by atoms with Crippen molar-refractivity contribution in [2.75, 3.05) is 13.2 Å². The Labute approximate surface area is 57.8 Å². The number of rotatable bonds is 0. The van der Waals surface area contributed by atoms with Crippen molar-refractivity contribution in [2.24, 2.45) is 0 Å². The molecule has 0 saturated carbocycles. The minimum atomic E-state index is -2.95. The van der Waals surface area contributed by atoms with Crippen LogP contribution in [0.15, 0.2) is 0 Å². The third-order valence-electron chi connectivity index (χ3n) is 1.60. The van der Waals surface area contributed by atoms with E-state index in [4.69, 9.17) is 9.84 Å². The van der Waals surface area contributed by atoms with E-state index < -0.39 is 12.0 Å². The Morgan fingerprint density at radius 2 is 2.10 bits per heavy atom. The molecule has 0 radical (unpaired) electrons. The molecule has 0 aromatic rings. The first kappa shape index (κ1) is 7.88. The third kappa shape index (κ3) is 1.64. The van der Waals surface area contributed by atoms with Crippen molar-refractivity contribution in [2.45, 2.75) is 24.9 Å². The van der Waals surface area contributed by atoms with Gasteiger partial charge in [0.1, 0.15) is 6.10 Å². The normalized spacial score (nSPS) is 33.3. The molecule has 1 unspecified atom stereocenters. The Morgan fingerprint density at radius 3 is 2.80 bits per heavy atom. The lowest BCUT2D eigenvalue weighted by Gasteiger charge is -2.17. The zero-order valence-electron chi connectivity index (χ0n) is 5.52. The molecule has 0 bridgehead atoms. The molecule has 4 heteroatoms. The molecule has 0 aromatic heterocycles. The number of halogens is 2. The minimum absolute atomic E-state index is 0.0347. The Balaban J connectivity index is 2.52. The molecule has 1 rings (SSSR count). The van der Waals surface area contributed by atoms with Crippen LogP contribution in [0.5, 0.6) is 0 Å². The maximum absolute atomic E-state index is 12.5. The highest BCUT2D eigenvalue weighted by atomic mass is 19.3. The SMILES string of the molecule is OC1CCOCCC1(F)F. The average Bonchev–Trinajstić information content (AvgIpc) is 1.96. The average molecular weight is 152 g/mol. The molecule has 0 aromatic carbocycles. The van der Waals surface area contributed by atoms with Gasteiger partial charge < -0.3 is 9.84 Å². The lowest BCUT2D eigenvalue weighted by Crippen LogP contribution is -2.32. The summed E-state index contributed by atoms with van der Waals surface area (Å²) < 4.78 is 29.8. The molecule has 10 heavy (non-hydrogen) atoms. The van der Waals surface area contributed by atoms with E-state index in [1.54, 1.807) is 0 Å². The first-order valence-electron chi connectivity index (χ1n) is 3.26. The molecule has 60 valence electrons. The molecular formula is C6H10F2O2. The summed E-state index contributed by atoms with van der Waals surface area (Å²) in [6.45, 7) is 0.279. The third-order valence-corrected chi connectivity index (χ3v) is 1.60. The van der Waals surface area contributed by atoms with E-state index in [9.17, 15) is 8.78 Å². The standard InChI is InChI=1S/C6H10F2O2/c7-6(8)2-4-10-3-1-5(6)9/h5,9H,1-4H2. The Hall–Kier alpha value is -0.220. The lowest BCUT2D eigenvalue weighted by atomic mass is 10.1. The summed E-state index contributed by atoms with van der Waals surface area (Å²) in [7, 11) is 0. The van der Waals surface area contributed by atoms with Crippen molar-refractivity contribution < 1.29 is 18.6 Å². The second-order valence-electron chi connectivity index (χ2n) is 2.43. The summed E-state index contributed by atoms with van der Waals surface area (Å²) >= 11 is 0. The molecule has 2 nitrogen and oxygen atoms in total. The smallest absolute Gasteiger partial charge is 0.275 e. The van der Waals surface area contributed by atoms with Gasteiger partial charge in [0.25, 0.3) is 5.92 Å². The first-order chi connectivity index (χ1) is 4.63.